The Labute approximate surface area is 509 Å². The van der Waals surface area contributed by atoms with Crippen LogP contribution in [0.2, 0.25) is 0 Å². The Bertz CT molecular complexity index is 5140. The molecule has 414 valence electrons. The first-order valence-electron chi connectivity index (χ1n) is 30.8. The summed E-state index contributed by atoms with van der Waals surface area (Å²) in [6.45, 7) is 14.4. The first-order chi connectivity index (χ1) is 42.4. The normalized spacial score (nSPS) is 14.4. The molecule has 0 aromatic heterocycles. The van der Waals surface area contributed by atoms with Gasteiger partial charge in [0.05, 0.1) is 0 Å². The second kappa shape index (κ2) is 18.9. The number of fused-ring (bicyclic) bond motifs is 15. The zero-order chi connectivity index (χ0) is 58.5. The standard InChI is InChI=1S/C85H64N2/c1-83(2)73-33-21-20-32-65(73)70-50-62(40-47-74(70)83)87(59-28-14-9-15-29-59)61-39-44-67-72(52-61)80(56-35-42-69-78(49-56)85(5,6)76-46-37-54-23-17-19-31-64(54)82(69)76)66-43-38-60(86(57-24-10-7-11-25-57)58-26-12-8-13-27-58)51-71(66)79(67)55-34-41-68-77(48-55)84(3,4)75-45-36-53-22-16-18-30-63(53)81(68)75/h7-52H,1-6H3. The molecule has 3 aliphatic rings. The van der Waals surface area contributed by atoms with Crippen molar-refractivity contribution in [3.8, 4) is 55.6 Å². The molecule has 0 bridgehead atoms. The SMILES string of the molecule is CC1(C)c2ccccc2-c2cc(N(c3ccccc3)c3ccc4c(-c5ccc6c(c5)C(C)(C)c5ccc7ccccc7c5-6)c5cc(N(c6ccccc6)c6ccccc6)ccc5c(-c5ccc6c(c5)C(C)(C)c5ccc7ccccc7c5-6)c4c3)ccc21. The van der Waals surface area contributed by atoms with Gasteiger partial charge in [-0.2, -0.15) is 0 Å². The van der Waals surface area contributed by atoms with Gasteiger partial charge in [0.2, 0.25) is 0 Å². The Morgan fingerprint density at radius 1 is 0.207 bits per heavy atom. The van der Waals surface area contributed by atoms with Crippen molar-refractivity contribution >= 4 is 77.2 Å². The summed E-state index contributed by atoms with van der Waals surface area (Å²) in [4.78, 5) is 4.89. The lowest BCUT2D eigenvalue weighted by Crippen LogP contribution is -2.15. The summed E-state index contributed by atoms with van der Waals surface area (Å²) in [7, 11) is 0. The van der Waals surface area contributed by atoms with E-state index in [4.69, 9.17) is 0 Å². The zero-order valence-corrected chi connectivity index (χ0v) is 50.0. The molecule has 2 nitrogen and oxygen atoms in total. The summed E-state index contributed by atoms with van der Waals surface area (Å²) < 4.78 is 0. The first-order valence-corrected chi connectivity index (χ1v) is 30.8. The minimum atomic E-state index is -0.245. The quantitative estimate of drug-likeness (QED) is 0.140. The molecule has 0 unspecified atom stereocenters. The second-order valence-corrected chi connectivity index (χ2v) is 26.0. The maximum atomic E-state index is 2.55. The molecule has 3 aliphatic carbocycles. The van der Waals surface area contributed by atoms with Crippen molar-refractivity contribution in [3.05, 3.63) is 312 Å². The molecule has 2 heteroatoms. The van der Waals surface area contributed by atoms with Gasteiger partial charge in [0.15, 0.2) is 0 Å². The highest BCUT2D eigenvalue weighted by Gasteiger charge is 2.40. The van der Waals surface area contributed by atoms with Crippen LogP contribution in [0.25, 0.3) is 98.7 Å². The van der Waals surface area contributed by atoms with E-state index in [0.717, 1.165) is 34.1 Å². The molecule has 0 spiro atoms. The maximum absolute atomic E-state index is 2.55. The van der Waals surface area contributed by atoms with Crippen LogP contribution in [-0.4, -0.2) is 0 Å². The van der Waals surface area contributed by atoms with Gasteiger partial charge in [-0.25, -0.2) is 0 Å². The molecule has 0 saturated heterocycles. The summed E-state index contributed by atoms with van der Waals surface area (Å²) >= 11 is 0. The van der Waals surface area contributed by atoms with Crippen LogP contribution < -0.4 is 9.80 Å². The van der Waals surface area contributed by atoms with Crippen LogP contribution in [0.4, 0.5) is 34.1 Å². The fraction of sp³-hybridized carbons (Fsp3) is 0.106. The molecule has 87 heavy (non-hydrogen) atoms. The molecule has 0 amide bonds. The molecular formula is C85H64N2. The highest BCUT2D eigenvalue weighted by molar-refractivity contribution is 6.23. The summed E-state index contributed by atoms with van der Waals surface area (Å²) in [5.74, 6) is 0. The van der Waals surface area contributed by atoms with E-state index in [1.165, 1.54) is 132 Å². The highest BCUT2D eigenvalue weighted by Crippen LogP contribution is 2.57. The smallest absolute Gasteiger partial charge is 0.0468 e. The van der Waals surface area contributed by atoms with E-state index in [2.05, 4.69) is 330 Å². The fourth-order valence-electron chi connectivity index (χ4n) is 15.9. The van der Waals surface area contributed by atoms with Gasteiger partial charge in [0, 0.05) is 50.4 Å². The summed E-state index contributed by atoms with van der Waals surface area (Å²) in [5.41, 5.74) is 27.0. The highest BCUT2D eigenvalue weighted by atomic mass is 15.1. The van der Waals surface area contributed by atoms with Gasteiger partial charge >= 0.3 is 0 Å². The van der Waals surface area contributed by atoms with Gasteiger partial charge < -0.3 is 9.80 Å². The minimum absolute atomic E-state index is 0.112. The molecule has 17 rings (SSSR count). The predicted octanol–water partition coefficient (Wildman–Crippen LogP) is 23.5. The number of hydrogen-bond acceptors (Lipinski definition) is 2. The third-order valence-corrected chi connectivity index (χ3v) is 20.2. The summed E-state index contributed by atoms with van der Waals surface area (Å²) in [6.07, 6.45) is 0. The van der Waals surface area contributed by atoms with Gasteiger partial charge in [-0.3, -0.25) is 0 Å². The van der Waals surface area contributed by atoms with Crippen LogP contribution in [0.15, 0.2) is 279 Å². The average molecular weight is 1110 g/mol. The molecule has 0 N–H and O–H groups in total. The number of rotatable bonds is 8. The molecule has 0 aliphatic heterocycles. The average Bonchev–Trinajstić information content (AvgIpc) is 1.84. The topological polar surface area (TPSA) is 6.48 Å². The minimum Gasteiger partial charge on any atom is -0.310 e. The van der Waals surface area contributed by atoms with E-state index in [-0.39, 0.29) is 16.2 Å². The molecule has 0 fully saturated rings. The largest absolute Gasteiger partial charge is 0.310 e. The molecule has 0 radical (unpaired) electrons. The van der Waals surface area contributed by atoms with Crippen molar-refractivity contribution in [2.75, 3.05) is 9.80 Å². The number of benzene rings is 14. The third kappa shape index (κ3) is 7.53. The lowest BCUT2D eigenvalue weighted by atomic mass is 9.79. The number of hydrogen-bond donors (Lipinski definition) is 0. The Hall–Kier alpha value is -10.3. The number of para-hydroxylation sites is 3. The molecule has 0 saturated carbocycles. The molecular weight excluding hydrogens is 1050 g/mol. The van der Waals surface area contributed by atoms with E-state index < -0.39 is 0 Å². The van der Waals surface area contributed by atoms with Crippen LogP contribution in [0.3, 0.4) is 0 Å². The summed E-state index contributed by atoms with van der Waals surface area (Å²) in [6, 6.07) is 105. The molecule has 0 atom stereocenters. The van der Waals surface area contributed by atoms with Crippen molar-refractivity contribution in [3.63, 3.8) is 0 Å². The number of anilines is 6. The van der Waals surface area contributed by atoms with Gasteiger partial charge in [-0.05, 0) is 217 Å². The predicted molar refractivity (Wildman–Crippen MR) is 369 cm³/mol. The van der Waals surface area contributed by atoms with Gasteiger partial charge in [0.25, 0.3) is 0 Å². The Kier molecular flexibility index (Phi) is 11.1. The van der Waals surface area contributed by atoms with Gasteiger partial charge in [-0.15, -0.1) is 0 Å². The zero-order valence-electron chi connectivity index (χ0n) is 50.0. The second-order valence-electron chi connectivity index (χ2n) is 26.0. The Balaban J connectivity index is 0.975. The molecule has 14 aromatic rings. The van der Waals surface area contributed by atoms with E-state index in [1.54, 1.807) is 0 Å². The van der Waals surface area contributed by atoms with Crippen molar-refractivity contribution in [1.82, 2.24) is 0 Å². The van der Waals surface area contributed by atoms with Crippen LogP contribution in [0, 0.1) is 0 Å². The maximum Gasteiger partial charge on any atom is 0.0468 e. The van der Waals surface area contributed by atoms with E-state index in [0.29, 0.717) is 0 Å². The third-order valence-electron chi connectivity index (χ3n) is 20.2. The monoisotopic (exact) mass is 1110 g/mol. The van der Waals surface area contributed by atoms with E-state index in [1.807, 2.05) is 0 Å². The van der Waals surface area contributed by atoms with Crippen LogP contribution in [0.1, 0.15) is 74.9 Å². The van der Waals surface area contributed by atoms with E-state index in [9.17, 15) is 0 Å². The van der Waals surface area contributed by atoms with Crippen molar-refractivity contribution in [2.45, 2.75) is 57.8 Å². The Morgan fingerprint density at radius 2 is 0.586 bits per heavy atom. The van der Waals surface area contributed by atoms with Crippen molar-refractivity contribution < 1.29 is 0 Å². The lowest BCUT2D eigenvalue weighted by Gasteiger charge is -2.29. The van der Waals surface area contributed by atoms with E-state index >= 15 is 0 Å². The first kappa shape index (κ1) is 51.2. The molecule has 0 heterocycles. The van der Waals surface area contributed by atoms with Gasteiger partial charge in [0.1, 0.15) is 0 Å². The van der Waals surface area contributed by atoms with Crippen LogP contribution in [0.5, 0.6) is 0 Å². The number of nitrogens with zero attached hydrogens (tertiary/aromatic N) is 2. The van der Waals surface area contributed by atoms with Crippen LogP contribution >= 0.6 is 0 Å². The van der Waals surface area contributed by atoms with Gasteiger partial charge in [-0.1, -0.05) is 236 Å². The molecule has 14 aromatic carbocycles. The van der Waals surface area contributed by atoms with Crippen LogP contribution in [-0.2, 0) is 16.2 Å². The van der Waals surface area contributed by atoms with Crippen molar-refractivity contribution in [2.24, 2.45) is 0 Å². The Morgan fingerprint density at radius 3 is 1.08 bits per heavy atom. The fourth-order valence-corrected chi connectivity index (χ4v) is 15.9. The lowest BCUT2D eigenvalue weighted by molar-refractivity contribution is 0.660. The summed E-state index contributed by atoms with van der Waals surface area (Å²) in [5, 5.41) is 9.96. The van der Waals surface area contributed by atoms with Crippen molar-refractivity contribution in [1.29, 1.82) is 0 Å².